The molecular formula is C9H11N5O2. The predicted molar refractivity (Wildman–Crippen MR) is 54.6 cm³/mol. The van der Waals surface area contributed by atoms with E-state index in [-0.39, 0.29) is 12.3 Å². The summed E-state index contributed by atoms with van der Waals surface area (Å²) < 4.78 is 4.89. The van der Waals surface area contributed by atoms with E-state index in [1.165, 1.54) is 0 Å². The lowest BCUT2D eigenvalue weighted by Gasteiger charge is -1.98. The predicted octanol–water partition coefficient (Wildman–Crippen LogP) is 0.672. The molecule has 0 saturated heterocycles. The van der Waals surface area contributed by atoms with Crippen LogP contribution in [0.25, 0.3) is 0 Å². The molecule has 1 amide bonds. The molecule has 2 rings (SSSR count). The Hall–Kier alpha value is -2.18. The number of nitrogens with one attached hydrogen (secondary N) is 2. The number of carbonyl (C=O) groups is 1. The van der Waals surface area contributed by atoms with Crippen molar-refractivity contribution in [3.05, 3.63) is 24.1 Å². The van der Waals surface area contributed by atoms with E-state index >= 15 is 0 Å². The number of imidazole rings is 1. The van der Waals surface area contributed by atoms with Gasteiger partial charge in [-0.1, -0.05) is 5.16 Å². The largest absolute Gasteiger partial charge is 0.339 e. The smallest absolute Gasteiger partial charge is 0.227 e. The van der Waals surface area contributed by atoms with Crippen molar-refractivity contribution < 1.29 is 9.32 Å². The molecule has 0 radical (unpaired) electrons. The molecule has 0 unspecified atom stereocenters. The molecule has 0 bridgehead atoms. The number of aryl methyl sites for hydroxylation is 2. The van der Waals surface area contributed by atoms with Gasteiger partial charge in [-0.25, -0.2) is 4.98 Å². The van der Waals surface area contributed by atoms with Crippen LogP contribution >= 0.6 is 0 Å². The average Bonchev–Trinajstić information content (AvgIpc) is 2.87. The van der Waals surface area contributed by atoms with Crippen molar-refractivity contribution in [2.24, 2.45) is 0 Å². The van der Waals surface area contributed by atoms with Crippen molar-refractivity contribution in [3.63, 3.8) is 0 Å². The van der Waals surface area contributed by atoms with E-state index in [9.17, 15) is 4.79 Å². The van der Waals surface area contributed by atoms with Crippen LogP contribution in [0.4, 0.5) is 5.95 Å². The highest BCUT2D eigenvalue weighted by Gasteiger charge is 2.08. The van der Waals surface area contributed by atoms with E-state index < -0.39 is 0 Å². The lowest BCUT2D eigenvalue weighted by Crippen LogP contribution is -2.13. The highest BCUT2D eigenvalue weighted by Crippen LogP contribution is 2.02. The lowest BCUT2D eigenvalue weighted by atomic mass is 10.3. The summed E-state index contributed by atoms with van der Waals surface area (Å²) in [5.74, 6) is 1.33. The maximum atomic E-state index is 11.4. The number of anilines is 1. The van der Waals surface area contributed by atoms with Crippen LogP contribution in [-0.4, -0.2) is 26.0 Å². The van der Waals surface area contributed by atoms with Crippen LogP contribution in [-0.2, 0) is 11.2 Å². The fourth-order valence-electron chi connectivity index (χ4n) is 1.19. The van der Waals surface area contributed by atoms with Gasteiger partial charge in [0.25, 0.3) is 0 Å². The van der Waals surface area contributed by atoms with Crippen LogP contribution in [0, 0.1) is 6.92 Å². The zero-order valence-corrected chi connectivity index (χ0v) is 8.73. The summed E-state index contributed by atoms with van der Waals surface area (Å²) in [5.41, 5.74) is 0. The third kappa shape index (κ3) is 2.66. The fraction of sp³-hybridized carbons (Fsp3) is 0.333. The van der Waals surface area contributed by atoms with E-state index in [0.29, 0.717) is 24.1 Å². The third-order valence-corrected chi connectivity index (χ3v) is 1.89. The first-order valence-corrected chi connectivity index (χ1v) is 4.82. The average molecular weight is 221 g/mol. The first-order chi connectivity index (χ1) is 7.74. The maximum Gasteiger partial charge on any atom is 0.227 e. The normalized spacial score (nSPS) is 10.3. The molecule has 84 valence electrons. The number of H-pyrrole nitrogens is 1. The molecule has 2 aromatic heterocycles. The maximum absolute atomic E-state index is 11.4. The Morgan fingerprint density at radius 1 is 1.62 bits per heavy atom. The minimum absolute atomic E-state index is 0.147. The highest BCUT2D eigenvalue weighted by molar-refractivity contribution is 5.88. The molecule has 16 heavy (non-hydrogen) atoms. The van der Waals surface area contributed by atoms with E-state index in [0.717, 1.165) is 0 Å². The Morgan fingerprint density at radius 3 is 3.12 bits per heavy atom. The van der Waals surface area contributed by atoms with Crippen molar-refractivity contribution in [3.8, 4) is 0 Å². The molecule has 7 heteroatoms. The fourth-order valence-corrected chi connectivity index (χ4v) is 1.19. The molecule has 0 aliphatic heterocycles. The molecule has 0 spiro atoms. The van der Waals surface area contributed by atoms with E-state index in [1.54, 1.807) is 19.3 Å². The second-order valence-electron chi connectivity index (χ2n) is 3.22. The van der Waals surface area contributed by atoms with E-state index in [1.807, 2.05) is 0 Å². The molecule has 0 aliphatic rings. The Kier molecular flexibility index (Phi) is 2.95. The standard InChI is InChI=1S/C9H11N5O2/c1-6-12-8(16-14-6)3-2-7(15)13-9-10-4-5-11-9/h4-5H,2-3H2,1H3,(H2,10,11,13,15). The second-order valence-corrected chi connectivity index (χ2v) is 3.22. The van der Waals surface area contributed by atoms with Gasteiger partial charge in [0.1, 0.15) is 0 Å². The molecule has 0 atom stereocenters. The minimum atomic E-state index is -0.147. The van der Waals surface area contributed by atoms with Gasteiger partial charge in [0, 0.05) is 25.2 Å². The van der Waals surface area contributed by atoms with Crippen molar-refractivity contribution in [2.45, 2.75) is 19.8 Å². The first-order valence-electron chi connectivity index (χ1n) is 4.82. The van der Waals surface area contributed by atoms with Crippen LogP contribution in [0.15, 0.2) is 16.9 Å². The van der Waals surface area contributed by atoms with Gasteiger partial charge in [-0.3, -0.25) is 10.1 Å². The third-order valence-electron chi connectivity index (χ3n) is 1.89. The van der Waals surface area contributed by atoms with Crippen LogP contribution < -0.4 is 5.32 Å². The number of rotatable bonds is 4. The number of aromatic amines is 1. The number of hydrogen-bond acceptors (Lipinski definition) is 5. The number of hydrogen-bond donors (Lipinski definition) is 2. The molecule has 2 heterocycles. The zero-order valence-electron chi connectivity index (χ0n) is 8.73. The van der Waals surface area contributed by atoms with Gasteiger partial charge >= 0.3 is 0 Å². The second kappa shape index (κ2) is 4.56. The molecule has 0 aliphatic carbocycles. The highest BCUT2D eigenvalue weighted by atomic mass is 16.5. The Labute approximate surface area is 91.3 Å². The summed E-state index contributed by atoms with van der Waals surface area (Å²) in [4.78, 5) is 22.1. The molecule has 0 saturated carbocycles. The Bertz CT molecular complexity index is 462. The van der Waals surface area contributed by atoms with Crippen molar-refractivity contribution >= 4 is 11.9 Å². The Morgan fingerprint density at radius 2 is 2.50 bits per heavy atom. The topological polar surface area (TPSA) is 96.7 Å². The van der Waals surface area contributed by atoms with Gasteiger partial charge in [0.2, 0.25) is 17.7 Å². The minimum Gasteiger partial charge on any atom is -0.339 e. The van der Waals surface area contributed by atoms with Gasteiger partial charge < -0.3 is 9.51 Å². The summed E-state index contributed by atoms with van der Waals surface area (Å²) in [5, 5.41) is 6.24. The van der Waals surface area contributed by atoms with Crippen LogP contribution in [0.5, 0.6) is 0 Å². The van der Waals surface area contributed by atoms with Gasteiger partial charge in [0.15, 0.2) is 5.82 Å². The monoisotopic (exact) mass is 221 g/mol. The molecule has 2 aromatic rings. The Balaban J connectivity index is 1.80. The quantitative estimate of drug-likeness (QED) is 0.791. The van der Waals surface area contributed by atoms with E-state index in [4.69, 9.17) is 4.52 Å². The van der Waals surface area contributed by atoms with Gasteiger partial charge in [0.05, 0.1) is 0 Å². The zero-order chi connectivity index (χ0) is 11.4. The summed E-state index contributed by atoms with van der Waals surface area (Å²) in [7, 11) is 0. The first kappa shape index (κ1) is 10.3. The van der Waals surface area contributed by atoms with Crippen molar-refractivity contribution in [2.75, 3.05) is 5.32 Å². The lowest BCUT2D eigenvalue weighted by molar-refractivity contribution is -0.116. The number of aromatic nitrogens is 4. The summed E-state index contributed by atoms with van der Waals surface area (Å²) in [6, 6.07) is 0. The summed E-state index contributed by atoms with van der Waals surface area (Å²) >= 11 is 0. The van der Waals surface area contributed by atoms with Crippen LogP contribution in [0.1, 0.15) is 18.1 Å². The molecule has 0 aromatic carbocycles. The SMILES string of the molecule is Cc1noc(CCC(=O)Nc2ncc[nH]2)n1. The van der Waals surface area contributed by atoms with Crippen LogP contribution in [0.3, 0.4) is 0 Å². The number of nitrogens with zero attached hydrogens (tertiary/aromatic N) is 3. The van der Waals surface area contributed by atoms with Crippen molar-refractivity contribution in [1.82, 2.24) is 20.1 Å². The number of carbonyl (C=O) groups excluding carboxylic acids is 1. The van der Waals surface area contributed by atoms with Gasteiger partial charge in [-0.15, -0.1) is 0 Å². The summed E-state index contributed by atoms with van der Waals surface area (Å²) in [6.45, 7) is 1.73. The summed E-state index contributed by atoms with van der Waals surface area (Å²) in [6.07, 6.45) is 3.91. The van der Waals surface area contributed by atoms with Gasteiger partial charge in [-0.2, -0.15) is 4.98 Å². The van der Waals surface area contributed by atoms with E-state index in [2.05, 4.69) is 25.4 Å². The van der Waals surface area contributed by atoms with Crippen LogP contribution in [0.2, 0.25) is 0 Å². The van der Waals surface area contributed by atoms with Gasteiger partial charge in [-0.05, 0) is 6.92 Å². The molecule has 7 nitrogen and oxygen atoms in total. The van der Waals surface area contributed by atoms with Crippen molar-refractivity contribution in [1.29, 1.82) is 0 Å². The molecular weight excluding hydrogens is 210 g/mol. The molecule has 2 N–H and O–H groups in total. The molecule has 0 fully saturated rings. The number of amides is 1.